The summed E-state index contributed by atoms with van der Waals surface area (Å²) in [6, 6.07) is 20.6. The number of rotatable bonds is 6. The molecule has 0 saturated carbocycles. The van der Waals surface area contributed by atoms with Crippen molar-refractivity contribution < 1.29 is 51.0 Å². The van der Waals surface area contributed by atoms with E-state index in [4.69, 9.17) is 28.2 Å². The molecule has 5 rings (SSSR count). The zero-order chi connectivity index (χ0) is 40.9. The summed E-state index contributed by atoms with van der Waals surface area (Å²) in [5.41, 5.74) is 5.55. The Morgan fingerprint density at radius 3 is 1.91 bits per heavy atom. The second kappa shape index (κ2) is 20.5. The molecule has 0 bridgehead atoms. The van der Waals surface area contributed by atoms with Crippen LogP contribution in [0.3, 0.4) is 0 Å². The number of alkyl halides is 6. The first kappa shape index (κ1) is 46.0. The predicted molar refractivity (Wildman–Crippen MR) is 203 cm³/mol. The minimum absolute atomic E-state index is 0.0741. The topological polar surface area (TPSA) is 171 Å². The van der Waals surface area contributed by atoms with E-state index in [1.165, 1.54) is 78.9 Å². The summed E-state index contributed by atoms with van der Waals surface area (Å²) in [4.78, 5) is 10.5. The summed E-state index contributed by atoms with van der Waals surface area (Å²) >= 11 is 19.8. The molecule has 0 spiro atoms. The molecule has 0 amide bonds. The quantitative estimate of drug-likeness (QED) is 0.0545. The average molecular weight is 877 g/mol. The van der Waals surface area contributed by atoms with Gasteiger partial charge in [0.25, 0.3) is 0 Å². The summed E-state index contributed by atoms with van der Waals surface area (Å²) in [6.45, 7) is 1.51. The fourth-order valence-electron chi connectivity index (χ4n) is 3.71. The predicted octanol–water partition coefficient (Wildman–Crippen LogP) is 11.3. The molecule has 0 aliphatic rings. The number of carbonyl (C=O) groups is 1. The van der Waals surface area contributed by atoms with Gasteiger partial charge >= 0.3 is 23.5 Å². The molecular weight excluding hydrogens is 850 g/mol. The van der Waals surface area contributed by atoms with Gasteiger partial charge in [0.15, 0.2) is 0 Å². The fourth-order valence-corrected chi connectivity index (χ4v) is 4.60. The molecular formula is C32H27Cl3F6N5O5PS2. The van der Waals surface area contributed by atoms with Crippen LogP contribution in [0.2, 0.25) is 0 Å². The van der Waals surface area contributed by atoms with Crippen LogP contribution in [0.1, 0.15) is 27.0 Å². The molecule has 0 aliphatic carbocycles. The number of phenols is 2. The van der Waals surface area contributed by atoms with Crippen LogP contribution in [-0.4, -0.2) is 43.0 Å². The van der Waals surface area contributed by atoms with Crippen molar-refractivity contribution in [1.82, 2.24) is 10.2 Å². The molecule has 1 heterocycles. The number of aromatic hydroxyl groups is 2. The van der Waals surface area contributed by atoms with Gasteiger partial charge in [-0.15, -0.1) is 10.2 Å². The van der Waals surface area contributed by atoms with Crippen molar-refractivity contribution in [3.8, 4) is 22.1 Å². The molecule has 0 saturated heterocycles. The molecule has 0 unspecified atom stereocenters. The maximum atomic E-state index is 12.7. The van der Waals surface area contributed by atoms with Gasteiger partial charge in [-0.05, 0) is 125 Å². The van der Waals surface area contributed by atoms with Crippen LogP contribution < -0.4 is 16.4 Å². The average Bonchev–Trinajstić information content (AvgIpc) is 3.53. The molecule has 22 heteroatoms. The lowest BCUT2D eigenvalue weighted by Crippen LogP contribution is -2.20. The summed E-state index contributed by atoms with van der Waals surface area (Å²) in [5.74, 6) is -0.773. The molecule has 0 radical (unpaired) electrons. The van der Waals surface area contributed by atoms with Crippen LogP contribution in [0.25, 0.3) is 10.6 Å². The third kappa shape index (κ3) is 17.3. The summed E-state index contributed by atoms with van der Waals surface area (Å²) in [6.07, 6.45) is -8.75. The van der Waals surface area contributed by atoms with E-state index >= 15 is 0 Å². The van der Waals surface area contributed by atoms with Crippen LogP contribution in [0.15, 0.2) is 91.0 Å². The number of nitrogens with one attached hydrogen (secondary N) is 2. The van der Waals surface area contributed by atoms with Crippen molar-refractivity contribution in [3.63, 3.8) is 0 Å². The van der Waals surface area contributed by atoms with Gasteiger partial charge < -0.3 is 31.7 Å². The van der Waals surface area contributed by atoms with Crippen molar-refractivity contribution >= 4 is 89.9 Å². The Hall–Kier alpha value is -4.16. The number of nitrogens with two attached hydrogens (primary N) is 1. The van der Waals surface area contributed by atoms with Gasteiger partial charge in [0.1, 0.15) is 16.5 Å². The monoisotopic (exact) mass is 875 g/mol. The number of carboxylic acid groups (broad SMARTS) is 1. The van der Waals surface area contributed by atoms with Crippen molar-refractivity contribution in [3.05, 3.63) is 113 Å². The number of phenolic OH excluding ortho intramolecular Hbond substituents is 2. The maximum Gasteiger partial charge on any atom is 0.416 e. The van der Waals surface area contributed by atoms with E-state index in [-0.39, 0.29) is 34.9 Å². The van der Waals surface area contributed by atoms with Crippen molar-refractivity contribution in [2.45, 2.75) is 19.3 Å². The van der Waals surface area contributed by atoms with Gasteiger partial charge in [-0.3, -0.25) is 4.57 Å². The third-order valence-electron chi connectivity index (χ3n) is 6.11. The Balaban J connectivity index is 0.000000282. The van der Waals surface area contributed by atoms with E-state index in [2.05, 4.69) is 54.6 Å². The molecule has 10 nitrogen and oxygen atoms in total. The number of carboxylic acids is 1. The van der Waals surface area contributed by atoms with E-state index in [9.17, 15) is 40.8 Å². The van der Waals surface area contributed by atoms with Crippen LogP contribution in [-0.2, 0) is 16.9 Å². The maximum absolute atomic E-state index is 12.7. The van der Waals surface area contributed by atoms with Crippen LogP contribution in [0, 0.1) is 6.92 Å². The zero-order valence-electron chi connectivity index (χ0n) is 27.2. The molecule has 0 aliphatic heterocycles. The van der Waals surface area contributed by atoms with Gasteiger partial charge in [-0.2, -0.15) is 26.3 Å². The van der Waals surface area contributed by atoms with E-state index in [0.29, 0.717) is 20.8 Å². The van der Waals surface area contributed by atoms with Crippen molar-refractivity contribution in [2.24, 2.45) is 5.73 Å². The number of nitrogens with zero attached hydrogens (tertiary/aromatic N) is 2. The number of aryl methyl sites for hydroxylation is 1. The number of halogens is 9. The first-order chi connectivity index (χ1) is 25.0. The molecule has 0 atom stereocenters. The van der Waals surface area contributed by atoms with Crippen molar-refractivity contribution in [2.75, 3.05) is 17.2 Å². The Morgan fingerprint density at radius 1 is 0.852 bits per heavy atom. The third-order valence-corrected chi connectivity index (χ3v) is 7.26. The largest absolute Gasteiger partial charge is 0.508 e. The zero-order valence-corrected chi connectivity index (χ0v) is 32.0. The normalized spacial score (nSPS) is 11.0. The van der Waals surface area contributed by atoms with E-state index < -0.39 is 34.6 Å². The van der Waals surface area contributed by atoms with Crippen LogP contribution in [0.4, 0.5) is 42.8 Å². The molecule has 290 valence electrons. The highest BCUT2D eigenvalue weighted by Crippen LogP contribution is 2.61. The molecule has 1 aromatic heterocycles. The highest BCUT2D eigenvalue weighted by Gasteiger charge is 2.32. The standard InChI is InChI=1S/C15H10F3N3OS.C10H11F3N2S.C7H6O3.Cl3OP/c16-15(17,18)10-2-1-3-11(8-10)19-14-21-20-13(23-14)9-4-6-12(22)7-5-9;1-6-2-3-7(15-9(16)5-14)4-8(6)10(11,12)13;8-6-3-1-5(2-4-6)7(9)10;1-5(2,3)4/h1-8,22H,(H,19,21);2-4H,5,14H2,1H3,(H,15,16);1-4,8H,(H,9,10);. The smallest absolute Gasteiger partial charge is 0.416 e. The highest BCUT2D eigenvalue weighted by atomic mass is 36.0. The van der Waals surface area contributed by atoms with Gasteiger partial charge in [-0.25, -0.2) is 4.79 Å². The van der Waals surface area contributed by atoms with E-state index in [1.54, 1.807) is 12.1 Å². The molecule has 4 aromatic carbocycles. The first-order valence-corrected chi connectivity index (χ1v) is 20.1. The first-order valence-electron chi connectivity index (χ1n) is 14.4. The Kier molecular flexibility index (Phi) is 17.5. The minimum Gasteiger partial charge on any atom is -0.508 e. The Morgan fingerprint density at radius 2 is 1.41 bits per heavy atom. The number of hydrogen-bond donors (Lipinski definition) is 6. The lowest BCUT2D eigenvalue weighted by molar-refractivity contribution is -0.138. The minimum atomic E-state index is -4.39. The number of anilines is 3. The number of hydrogen-bond acceptors (Lipinski definition) is 10. The van der Waals surface area contributed by atoms with Crippen LogP contribution in [0.5, 0.6) is 11.5 Å². The van der Waals surface area contributed by atoms with Crippen molar-refractivity contribution in [1.29, 1.82) is 0 Å². The summed E-state index contributed by atoms with van der Waals surface area (Å²) in [5, 5.41) is 37.5. The number of aromatic nitrogens is 2. The van der Waals surface area contributed by atoms with Gasteiger partial charge in [0.2, 0.25) is 5.13 Å². The summed E-state index contributed by atoms with van der Waals surface area (Å²) in [7, 11) is 0. The Labute approximate surface area is 327 Å². The van der Waals surface area contributed by atoms with Gasteiger partial charge in [0, 0.05) is 23.5 Å². The highest BCUT2D eigenvalue weighted by molar-refractivity contribution is 8.24. The Bertz CT molecular complexity index is 2040. The van der Waals surface area contributed by atoms with Gasteiger partial charge in [-0.1, -0.05) is 35.7 Å². The SMILES string of the molecule is Cc1ccc(NC(=S)CN)cc1C(F)(F)F.O=C(O)c1ccc(O)cc1.O=P(Cl)(Cl)Cl.Oc1ccc(-c2nnc(Nc3cccc(C(F)(F)F)c3)s2)cc1. The number of benzene rings is 4. The second-order valence-electron chi connectivity index (χ2n) is 10.2. The van der Waals surface area contributed by atoms with E-state index in [1.807, 2.05) is 0 Å². The molecule has 0 fully saturated rings. The molecule has 54 heavy (non-hydrogen) atoms. The van der Waals surface area contributed by atoms with Gasteiger partial charge in [0.05, 0.1) is 21.7 Å². The summed E-state index contributed by atoms with van der Waals surface area (Å²) < 4.78 is 85.3. The number of aromatic carboxylic acids is 1. The molecule has 7 N–H and O–H groups in total. The second-order valence-corrected chi connectivity index (χ2v) is 18.3. The number of thiocarbonyl (C=S) groups is 1. The lowest BCUT2D eigenvalue weighted by atomic mass is 10.1. The fraction of sp³-hybridized carbons (Fsp3) is 0.125. The lowest BCUT2D eigenvalue weighted by Gasteiger charge is -2.13. The molecule has 5 aromatic rings. The van der Waals surface area contributed by atoms with Crippen LogP contribution >= 0.6 is 62.5 Å². The van der Waals surface area contributed by atoms with E-state index in [0.717, 1.165) is 23.8 Å².